The lowest BCUT2D eigenvalue weighted by molar-refractivity contribution is -0.120. The first kappa shape index (κ1) is 16.4. The Balaban J connectivity index is 3.61. The summed E-state index contributed by atoms with van der Waals surface area (Å²) in [5.41, 5.74) is 0.337. The lowest BCUT2D eigenvalue weighted by atomic mass is 9.83. The van der Waals surface area contributed by atoms with Gasteiger partial charge in [0.05, 0.1) is 0 Å². The first-order chi connectivity index (χ1) is 7.85. The molecular formula is C16H30O. The summed E-state index contributed by atoms with van der Waals surface area (Å²) in [4.78, 5) is 11.8. The number of carbonyl (C=O) groups is 1. The third kappa shape index (κ3) is 11.7. The Labute approximate surface area is 108 Å². The Hall–Kier alpha value is -0.590. The Morgan fingerprint density at radius 3 is 2.41 bits per heavy atom. The van der Waals surface area contributed by atoms with Gasteiger partial charge in [0.25, 0.3) is 0 Å². The summed E-state index contributed by atoms with van der Waals surface area (Å²) in [5.74, 6) is 0.969. The van der Waals surface area contributed by atoms with E-state index < -0.39 is 0 Å². The summed E-state index contributed by atoms with van der Waals surface area (Å²) in [6.07, 6.45) is 9.08. The summed E-state index contributed by atoms with van der Waals surface area (Å²) in [6.45, 7) is 12.6. The van der Waals surface area contributed by atoms with Crippen LogP contribution in [0.15, 0.2) is 12.7 Å². The number of hydrogen-bond donors (Lipinski definition) is 0. The first-order valence-electron chi connectivity index (χ1n) is 6.98. The first-order valence-corrected chi connectivity index (χ1v) is 6.98. The molecule has 0 N–H and O–H groups in total. The van der Waals surface area contributed by atoms with Gasteiger partial charge in [-0.1, -0.05) is 40.2 Å². The van der Waals surface area contributed by atoms with Crippen molar-refractivity contribution in [2.45, 2.75) is 72.6 Å². The summed E-state index contributed by atoms with van der Waals surface area (Å²) < 4.78 is 0. The van der Waals surface area contributed by atoms with Crippen molar-refractivity contribution in [1.29, 1.82) is 0 Å². The van der Waals surface area contributed by atoms with Crippen LogP contribution in [0, 0.1) is 11.3 Å². The molecule has 0 amide bonds. The molecule has 17 heavy (non-hydrogen) atoms. The normalized spacial score (nSPS) is 13.4. The molecule has 0 aliphatic heterocycles. The molecule has 100 valence electrons. The molecule has 0 bridgehead atoms. The molecular weight excluding hydrogens is 208 g/mol. The molecule has 0 aromatic rings. The minimum absolute atomic E-state index is 0.337. The van der Waals surface area contributed by atoms with E-state index in [1.807, 2.05) is 6.08 Å². The molecule has 0 rings (SSSR count). The smallest absolute Gasteiger partial charge is 0.133 e. The third-order valence-electron chi connectivity index (χ3n) is 2.90. The minimum Gasteiger partial charge on any atom is -0.300 e. The highest BCUT2D eigenvalue weighted by Gasteiger charge is 2.17. The topological polar surface area (TPSA) is 17.1 Å². The summed E-state index contributed by atoms with van der Waals surface area (Å²) in [6, 6.07) is 0. The Morgan fingerprint density at radius 2 is 1.88 bits per heavy atom. The molecule has 1 unspecified atom stereocenters. The zero-order valence-electron chi connectivity index (χ0n) is 12.2. The fourth-order valence-electron chi connectivity index (χ4n) is 2.40. The molecule has 0 aromatic carbocycles. The SMILES string of the molecule is C=CCCCCCC(=O)CC(C)CC(C)(C)C. The molecule has 1 heteroatoms. The van der Waals surface area contributed by atoms with Gasteiger partial charge in [0, 0.05) is 12.8 Å². The van der Waals surface area contributed by atoms with Crippen LogP contribution in [0.2, 0.25) is 0 Å². The number of Topliss-reactive ketones (excluding diaryl/α,β-unsaturated/α-hetero) is 1. The van der Waals surface area contributed by atoms with Crippen LogP contribution in [0.25, 0.3) is 0 Å². The van der Waals surface area contributed by atoms with E-state index in [9.17, 15) is 4.79 Å². The fraction of sp³-hybridized carbons (Fsp3) is 0.812. The standard InChI is InChI=1S/C16H30O/c1-6-7-8-9-10-11-15(17)12-14(2)13-16(3,4)5/h6,14H,1,7-13H2,2-5H3. The largest absolute Gasteiger partial charge is 0.300 e. The van der Waals surface area contributed by atoms with E-state index >= 15 is 0 Å². The van der Waals surface area contributed by atoms with E-state index in [4.69, 9.17) is 0 Å². The summed E-state index contributed by atoms with van der Waals surface area (Å²) in [5, 5.41) is 0. The van der Waals surface area contributed by atoms with E-state index in [1.165, 1.54) is 6.42 Å². The second-order valence-electron chi connectivity index (χ2n) is 6.50. The number of allylic oxidation sites excluding steroid dienone is 1. The quantitative estimate of drug-likeness (QED) is 0.401. The van der Waals surface area contributed by atoms with Crippen LogP contribution in [0.5, 0.6) is 0 Å². The molecule has 0 saturated heterocycles. The second-order valence-corrected chi connectivity index (χ2v) is 6.50. The lowest BCUT2D eigenvalue weighted by Crippen LogP contribution is -2.14. The predicted octanol–water partition coefficient (Wildman–Crippen LogP) is 5.15. The highest BCUT2D eigenvalue weighted by atomic mass is 16.1. The van der Waals surface area contributed by atoms with Crippen LogP contribution in [0.1, 0.15) is 72.6 Å². The van der Waals surface area contributed by atoms with Gasteiger partial charge in [-0.25, -0.2) is 0 Å². The van der Waals surface area contributed by atoms with Crippen molar-refractivity contribution in [2.75, 3.05) is 0 Å². The molecule has 0 aliphatic carbocycles. The van der Waals surface area contributed by atoms with Gasteiger partial charge in [0.2, 0.25) is 0 Å². The molecule has 1 nitrogen and oxygen atoms in total. The van der Waals surface area contributed by atoms with E-state index in [0.29, 0.717) is 17.1 Å². The molecule has 0 saturated carbocycles. The summed E-state index contributed by atoms with van der Waals surface area (Å²) >= 11 is 0. The maximum absolute atomic E-state index is 11.8. The van der Waals surface area contributed by atoms with Crippen molar-refractivity contribution in [1.82, 2.24) is 0 Å². The van der Waals surface area contributed by atoms with Gasteiger partial charge < -0.3 is 0 Å². The van der Waals surface area contributed by atoms with Crippen molar-refractivity contribution in [3.8, 4) is 0 Å². The average molecular weight is 238 g/mol. The number of rotatable bonds is 9. The van der Waals surface area contributed by atoms with Gasteiger partial charge in [-0.2, -0.15) is 0 Å². The molecule has 1 atom stereocenters. The van der Waals surface area contributed by atoms with E-state index in [1.54, 1.807) is 0 Å². The molecule has 0 heterocycles. The van der Waals surface area contributed by atoms with Crippen molar-refractivity contribution < 1.29 is 4.79 Å². The van der Waals surface area contributed by atoms with Gasteiger partial charge in [-0.3, -0.25) is 4.79 Å². The fourth-order valence-corrected chi connectivity index (χ4v) is 2.40. The van der Waals surface area contributed by atoms with E-state index in [-0.39, 0.29) is 0 Å². The maximum atomic E-state index is 11.8. The van der Waals surface area contributed by atoms with Crippen molar-refractivity contribution in [3.05, 3.63) is 12.7 Å². The predicted molar refractivity (Wildman–Crippen MR) is 76.1 cm³/mol. The number of unbranched alkanes of at least 4 members (excludes halogenated alkanes) is 3. The molecule has 0 aliphatic rings. The Bertz CT molecular complexity index is 222. The number of hydrogen-bond acceptors (Lipinski definition) is 1. The third-order valence-corrected chi connectivity index (χ3v) is 2.90. The lowest BCUT2D eigenvalue weighted by Gasteiger charge is -2.22. The van der Waals surface area contributed by atoms with Gasteiger partial charge in [0.1, 0.15) is 5.78 Å². The zero-order valence-corrected chi connectivity index (χ0v) is 12.2. The van der Waals surface area contributed by atoms with E-state index in [2.05, 4.69) is 34.3 Å². The molecule has 0 radical (unpaired) electrons. The van der Waals surface area contributed by atoms with Gasteiger partial charge >= 0.3 is 0 Å². The summed E-state index contributed by atoms with van der Waals surface area (Å²) in [7, 11) is 0. The maximum Gasteiger partial charge on any atom is 0.133 e. The molecule has 0 aromatic heterocycles. The van der Waals surface area contributed by atoms with Crippen molar-refractivity contribution >= 4 is 5.78 Å². The zero-order chi connectivity index (χ0) is 13.3. The van der Waals surface area contributed by atoms with Crippen LogP contribution in [-0.2, 0) is 4.79 Å². The van der Waals surface area contributed by atoms with Crippen LogP contribution >= 0.6 is 0 Å². The van der Waals surface area contributed by atoms with Crippen molar-refractivity contribution in [3.63, 3.8) is 0 Å². The van der Waals surface area contributed by atoms with E-state index in [0.717, 1.165) is 38.5 Å². The van der Waals surface area contributed by atoms with Crippen LogP contribution in [0.4, 0.5) is 0 Å². The molecule has 0 fully saturated rings. The minimum atomic E-state index is 0.337. The van der Waals surface area contributed by atoms with Gasteiger partial charge in [-0.05, 0) is 37.0 Å². The molecule has 0 spiro atoms. The monoisotopic (exact) mass is 238 g/mol. The van der Waals surface area contributed by atoms with Crippen LogP contribution in [0.3, 0.4) is 0 Å². The Kier molecular flexibility index (Phi) is 8.20. The Morgan fingerprint density at radius 1 is 1.24 bits per heavy atom. The number of carbonyl (C=O) groups excluding carboxylic acids is 1. The highest BCUT2D eigenvalue weighted by molar-refractivity contribution is 5.78. The number of ketones is 1. The van der Waals surface area contributed by atoms with Crippen LogP contribution in [-0.4, -0.2) is 5.78 Å². The second kappa shape index (κ2) is 8.49. The van der Waals surface area contributed by atoms with Crippen LogP contribution < -0.4 is 0 Å². The van der Waals surface area contributed by atoms with Gasteiger partial charge in [0.15, 0.2) is 0 Å². The highest BCUT2D eigenvalue weighted by Crippen LogP contribution is 2.26. The van der Waals surface area contributed by atoms with Crippen molar-refractivity contribution in [2.24, 2.45) is 11.3 Å². The average Bonchev–Trinajstić information content (AvgIpc) is 2.14. The van der Waals surface area contributed by atoms with Gasteiger partial charge in [-0.15, -0.1) is 6.58 Å².